The first-order valence-corrected chi connectivity index (χ1v) is 6.47. The van der Waals surface area contributed by atoms with Crippen LogP contribution in [-0.2, 0) is 0 Å². The monoisotopic (exact) mass is 286 g/mol. The van der Waals surface area contributed by atoms with Crippen molar-refractivity contribution >= 4 is 6.08 Å². The molecule has 1 aliphatic heterocycles. The molecule has 2 rings (SSSR count). The molecule has 5 heteroatoms. The van der Waals surface area contributed by atoms with Crippen LogP contribution in [-0.4, -0.2) is 18.4 Å². The zero-order valence-electron chi connectivity index (χ0n) is 11.5. The third-order valence-electron chi connectivity index (χ3n) is 2.89. The van der Waals surface area contributed by atoms with Gasteiger partial charge in [-0.15, -0.1) is 0 Å². The zero-order valence-corrected chi connectivity index (χ0v) is 11.5. The highest BCUT2D eigenvalue weighted by molar-refractivity contribution is 5.62. The maximum absolute atomic E-state index is 12.0. The van der Waals surface area contributed by atoms with E-state index >= 15 is 0 Å². The molecule has 0 N–H and O–H groups in total. The normalized spacial score (nSPS) is 16.4. The minimum atomic E-state index is -4.12. The number of ether oxygens (including phenoxy) is 2. The third-order valence-corrected chi connectivity index (χ3v) is 2.89. The lowest BCUT2D eigenvalue weighted by Gasteiger charge is -2.27. The van der Waals surface area contributed by atoms with Crippen LogP contribution in [0, 0.1) is 0 Å². The van der Waals surface area contributed by atoms with Gasteiger partial charge < -0.3 is 9.47 Å². The van der Waals surface area contributed by atoms with Crippen LogP contribution in [0.25, 0.3) is 6.08 Å². The second-order valence-corrected chi connectivity index (χ2v) is 5.31. The molecule has 0 amide bonds. The standard InChI is InChI=1S/C15H17F3O2/c1-14(2)8-6-11-10-12(4-5-13(11)20-14)19-9-3-7-15(16,17)18/h4-6,8,10H,3,7,9H2,1-2H3. The van der Waals surface area contributed by atoms with Gasteiger partial charge in [-0.05, 0) is 44.5 Å². The molecule has 0 saturated heterocycles. The van der Waals surface area contributed by atoms with Crippen LogP contribution in [0.1, 0.15) is 32.3 Å². The molecule has 1 heterocycles. The quantitative estimate of drug-likeness (QED) is 0.753. The first-order valence-electron chi connectivity index (χ1n) is 6.47. The van der Waals surface area contributed by atoms with Crippen LogP contribution >= 0.6 is 0 Å². The number of benzene rings is 1. The van der Waals surface area contributed by atoms with Gasteiger partial charge in [-0.25, -0.2) is 0 Å². The minimum Gasteiger partial charge on any atom is -0.494 e. The smallest absolute Gasteiger partial charge is 0.389 e. The summed E-state index contributed by atoms with van der Waals surface area (Å²) < 4.78 is 47.1. The van der Waals surface area contributed by atoms with Crippen molar-refractivity contribution in [2.45, 2.75) is 38.5 Å². The van der Waals surface area contributed by atoms with Crippen molar-refractivity contribution in [3.63, 3.8) is 0 Å². The lowest BCUT2D eigenvalue weighted by atomic mass is 10.0. The Labute approximate surface area is 116 Å². The van der Waals surface area contributed by atoms with Crippen molar-refractivity contribution in [1.82, 2.24) is 0 Å². The van der Waals surface area contributed by atoms with Crippen LogP contribution in [0.2, 0.25) is 0 Å². The van der Waals surface area contributed by atoms with Crippen molar-refractivity contribution in [2.75, 3.05) is 6.61 Å². The minimum absolute atomic E-state index is 0.0417. The number of hydrogen-bond acceptors (Lipinski definition) is 2. The van der Waals surface area contributed by atoms with Gasteiger partial charge in [-0.3, -0.25) is 0 Å². The van der Waals surface area contributed by atoms with Gasteiger partial charge in [0, 0.05) is 12.0 Å². The van der Waals surface area contributed by atoms with E-state index in [1.54, 1.807) is 18.2 Å². The number of halogens is 3. The lowest BCUT2D eigenvalue weighted by Crippen LogP contribution is -2.27. The molecule has 0 bridgehead atoms. The summed E-state index contributed by atoms with van der Waals surface area (Å²) in [6, 6.07) is 5.26. The Bertz CT molecular complexity index is 504. The summed E-state index contributed by atoms with van der Waals surface area (Å²) in [5.74, 6) is 1.30. The fraction of sp³-hybridized carbons (Fsp3) is 0.467. The molecule has 0 saturated carbocycles. The Morgan fingerprint density at radius 2 is 2.00 bits per heavy atom. The molecule has 0 radical (unpaired) electrons. The molecule has 1 aromatic rings. The Hall–Kier alpha value is -1.65. The van der Waals surface area contributed by atoms with E-state index in [2.05, 4.69) is 0 Å². The summed E-state index contributed by atoms with van der Waals surface area (Å²) in [4.78, 5) is 0. The van der Waals surface area contributed by atoms with Gasteiger partial charge in [-0.2, -0.15) is 13.2 Å². The summed E-state index contributed by atoms with van der Waals surface area (Å²) in [7, 11) is 0. The van der Waals surface area contributed by atoms with Crippen LogP contribution in [0.3, 0.4) is 0 Å². The van der Waals surface area contributed by atoms with E-state index in [0.29, 0.717) is 5.75 Å². The molecular formula is C15H17F3O2. The molecule has 0 unspecified atom stereocenters. The predicted molar refractivity (Wildman–Crippen MR) is 71.0 cm³/mol. The maximum atomic E-state index is 12.0. The van der Waals surface area contributed by atoms with Crippen LogP contribution in [0.4, 0.5) is 13.2 Å². The van der Waals surface area contributed by atoms with Crippen LogP contribution in [0.5, 0.6) is 11.5 Å². The van der Waals surface area contributed by atoms with Crippen molar-refractivity contribution in [2.24, 2.45) is 0 Å². The second-order valence-electron chi connectivity index (χ2n) is 5.31. The van der Waals surface area contributed by atoms with Crippen molar-refractivity contribution in [3.05, 3.63) is 29.8 Å². The van der Waals surface area contributed by atoms with Crippen molar-refractivity contribution in [1.29, 1.82) is 0 Å². The molecule has 110 valence electrons. The number of alkyl halides is 3. The first kappa shape index (κ1) is 14.8. The average Bonchev–Trinajstić information content (AvgIpc) is 2.33. The Morgan fingerprint density at radius 3 is 2.70 bits per heavy atom. The lowest BCUT2D eigenvalue weighted by molar-refractivity contribution is -0.136. The molecule has 0 aromatic heterocycles. The first-order chi connectivity index (χ1) is 9.25. The topological polar surface area (TPSA) is 18.5 Å². The SMILES string of the molecule is CC1(C)C=Cc2cc(OCCCC(F)(F)F)ccc2O1. The maximum Gasteiger partial charge on any atom is 0.389 e. The molecule has 1 aromatic carbocycles. The predicted octanol–water partition coefficient (Wildman–Crippen LogP) is 4.59. The van der Waals surface area contributed by atoms with Crippen LogP contribution in [0.15, 0.2) is 24.3 Å². The Balaban J connectivity index is 1.92. The van der Waals surface area contributed by atoms with Gasteiger partial charge in [0.1, 0.15) is 17.1 Å². The molecular weight excluding hydrogens is 269 g/mol. The largest absolute Gasteiger partial charge is 0.494 e. The van der Waals surface area contributed by atoms with Crippen molar-refractivity contribution in [3.8, 4) is 11.5 Å². The van der Waals surface area contributed by atoms with Gasteiger partial charge in [0.2, 0.25) is 0 Å². The molecule has 0 aliphatic carbocycles. The average molecular weight is 286 g/mol. The molecule has 1 aliphatic rings. The molecule has 0 spiro atoms. The van der Waals surface area contributed by atoms with E-state index in [-0.39, 0.29) is 18.6 Å². The summed E-state index contributed by atoms with van der Waals surface area (Å²) in [6.45, 7) is 3.95. The number of rotatable bonds is 4. The number of hydrogen-bond donors (Lipinski definition) is 0. The van der Waals surface area contributed by atoms with Gasteiger partial charge in [-0.1, -0.05) is 6.08 Å². The van der Waals surface area contributed by atoms with E-state index in [9.17, 15) is 13.2 Å². The molecule has 2 nitrogen and oxygen atoms in total. The van der Waals surface area contributed by atoms with Crippen LogP contribution < -0.4 is 9.47 Å². The summed E-state index contributed by atoms with van der Waals surface area (Å²) in [5.41, 5.74) is 0.528. The fourth-order valence-electron chi connectivity index (χ4n) is 1.91. The third kappa shape index (κ3) is 4.18. The second kappa shape index (κ2) is 5.38. The van der Waals surface area contributed by atoms with Gasteiger partial charge in [0.25, 0.3) is 0 Å². The van der Waals surface area contributed by atoms with Gasteiger partial charge >= 0.3 is 6.18 Å². The summed E-state index contributed by atoms with van der Waals surface area (Å²) in [5, 5.41) is 0. The van der Waals surface area contributed by atoms with E-state index in [1.165, 1.54) is 0 Å². The zero-order chi connectivity index (χ0) is 14.8. The molecule has 0 atom stereocenters. The Kier molecular flexibility index (Phi) is 3.97. The highest BCUT2D eigenvalue weighted by atomic mass is 19.4. The highest BCUT2D eigenvalue weighted by Crippen LogP contribution is 2.33. The number of fused-ring (bicyclic) bond motifs is 1. The summed E-state index contributed by atoms with van der Waals surface area (Å²) >= 11 is 0. The van der Waals surface area contributed by atoms with E-state index in [4.69, 9.17) is 9.47 Å². The van der Waals surface area contributed by atoms with Gasteiger partial charge in [0.05, 0.1) is 6.61 Å². The van der Waals surface area contributed by atoms with E-state index in [0.717, 1.165) is 11.3 Å². The summed E-state index contributed by atoms with van der Waals surface area (Å²) in [6.07, 6.45) is -1.12. The molecule has 20 heavy (non-hydrogen) atoms. The van der Waals surface area contributed by atoms with Crippen molar-refractivity contribution < 1.29 is 22.6 Å². The molecule has 0 fully saturated rings. The van der Waals surface area contributed by atoms with Gasteiger partial charge in [0.15, 0.2) is 0 Å². The Morgan fingerprint density at radius 1 is 1.25 bits per heavy atom. The highest BCUT2D eigenvalue weighted by Gasteiger charge is 2.26. The van der Waals surface area contributed by atoms with E-state index < -0.39 is 12.6 Å². The van der Waals surface area contributed by atoms with E-state index in [1.807, 2.05) is 26.0 Å². The fourth-order valence-corrected chi connectivity index (χ4v) is 1.91.